The molecular formula is C14H20Fe. The Labute approximate surface area is 106 Å². The number of allylic oxidation sites excluding steroid dienone is 2. The van der Waals surface area contributed by atoms with Crippen LogP contribution in [0.4, 0.5) is 0 Å². The maximum Gasteiger partial charge on any atom is 2.00 e. The molecule has 0 bridgehead atoms. The first-order chi connectivity index (χ1) is 6.93. The zero-order valence-corrected chi connectivity index (χ0v) is 10.9. The Bertz CT molecular complexity index is 174. The predicted octanol–water partition coefficient (Wildman–Crippen LogP) is 4.38. The van der Waals surface area contributed by atoms with Crippen molar-refractivity contribution in [2.75, 3.05) is 0 Å². The Morgan fingerprint density at radius 3 is 1.93 bits per heavy atom. The SMILES string of the molecule is CC.CC[C]1[CH]C=C[CH-]1.[Fe+2].c1cc[cH-]c1. The summed E-state index contributed by atoms with van der Waals surface area (Å²) in [6.45, 7) is 6.16. The molecule has 0 nitrogen and oxygen atoms in total. The average Bonchev–Trinajstić information content (AvgIpc) is 2.97. The van der Waals surface area contributed by atoms with Crippen LogP contribution >= 0.6 is 0 Å². The van der Waals surface area contributed by atoms with Crippen molar-refractivity contribution >= 4 is 0 Å². The van der Waals surface area contributed by atoms with E-state index >= 15 is 0 Å². The Kier molecular flexibility index (Phi) is 15.2. The fraction of sp³-hybridized carbons (Fsp3) is 0.286. The van der Waals surface area contributed by atoms with Gasteiger partial charge >= 0.3 is 17.1 Å². The first kappa shape index (κ1) is 16.9. The van der Waals surface area contributed by atoms with Crippen LogP contribution in [0.2, 0.25) is 0 Å². The van der Waals surface area contributed by atoms with Gasteiger partial charge in [0.25, 0.3) is 0 Å². The van der Waals surface area contributed by atoms with E-state index in [-0.39, 0.29) is 17.1 Å². The molecule has 84 valence electrons. The van der Waals surface area contributed by atoms with Crippen LogP contribution in [0.25, 0.3) is 0 Å². The summed E-state index contributed by atoms with van der Waals surface area (Å²) < 4.78 is 0. The summed E-state index contributed by atoms with van der Waals surface area (Å²) in [4.78, 5) is 0. The van der Waals surface area contributed by atoms with E-state index in [2.05, 4.69) is 31.9 Å². The monoisotopic (exact) mass is 244 g/mol. The summed E-state index contributed by atoms with van der Waals surface area (Å²) >= 11 is 0. The molecule has 0 aromatic heterocycles. The van der Waals surface area contributed by atoms with Gasteiger partial charge in [0.2, 0.25) is 0 Å². The van der Waals surface area contributed by atoms with Crippen molar-refractivity contribution in [2.24, 2.45) is 0 Å². The molecule has 0 saturated carbocycles. The van der Waals surface area contributed by atoms with Gasteiger partial charge in [-0.2, -0.15) is 18.2 Å². The van der Waals surface area contributed by atoms with Crippen LogP contribution in [0.5, 0.6) is 0 Å². The third-order valence-electron chi connectivity index (χ3n) is 1.70. The van der Waals surface area contributed by atoms with Crippen LogP contribution in [0.1, 0.15) is 27.2 Å². The summed E-state index contributed by atoms with van der Waals surface area (Å²) in [6.07, 6.45) is 9.57. The smallest absolute Gasteiger partial charge is 0.231 e. The Morgan fingerprint density at radius 2 is 1.73 bits per heavy atom. The minimum atomic E-state index is 0. The molecule has 1 aromatic carbocycles. The number of hydrogen-bond acceptors (Lipinski definition) is 0. The molecule has 0 heterocycles. The van der Waals surface area contributed by atoms with Gasteiger partial charge in [-0.1, -0.05) is 33.1 Å². The molecule has 1 aliphatic carbocycles. The van der Waals surface area contributed by atoms with E-state index in [4.69, 9.17) is 0 Å². The number of hydrogen-bond donors (Lipinski definition) is 0. The summed E-state index contributed by atoms with van der Waals surface area (Å²) in [5, 5.41) is 0. The fourth-order valence-corrected chi connectivity index (χ4v) is 0.970. The first-order valence-electron chi connectivity index (χ1n) is 5.30. The van der Waals surface area contributed by atoms with Crippen LogP contribution < -0.4 is 0 Å². The topological polar surface area (TPSA) is 0 Å². The van der Waals surface area contributed by atoms with Crippen LogP contribution in [0, 0.1) is 18.8 Å². The summed E-state index contributed by atoms with van der Waals surface area (Å²) in [7, 11) is 0. The van der Waals surface area contributed by atoms with Gasteiger partial charge in [0.1, 0.15) is 0 Å². The largest absolute Gasteiger partial charge is 2.00 e. The Morgan fingerprint density at radius 1 is 1.13 bits per heavy atom. The molecule has 0 unspecified atom stereocenters. The van der Waals surface area contributed by atoms with Gasteiger partial charge in [0.15, 0.2) is 0 Å². The molecule has 15 heavy (non-hydrogen) atoms. The van der Waals surface area contributed by atoms with E-state index in [1.807, 2.05) is 44.2 Å². The second-order valence-corrected chi connectivity index (χ2v) is 2.61. The van der Waals surface area contributed by atoms with Crippen LogP contribution in [0.3, 0.4) is 0 Å². The third-order valence-corrected chi connectivity index (χ3v) is 1.70. The third kappa shape index (κ3) is 9.78. The minimum absolute atomic E-state index is 0. The van der Waals surface area contributed by atoms with E-state index < -0.39 is 0 Å². The van der Waals surface area contributed by atoms with E-state index in [1.165, 1.54) is 5.92 Å². The number of rotatable bonds is 1. The van der Waals surface area contributed by atoms with Crippen molar-refractivity contribution in [1.29, 1.82) is 0 Å². The van der Waals surface area contributed by atoms with Gasteiger partial charge in [-0.15, -0.1) is 6.42 Å². The molecule has 1 aliphatic rings. The predicted molar refractivity (Wildman–Crippen MR) is 64.7 cm³/mol. The Balaban J connectivity index is 0. The fourth-order valence-electron chi connectivity index (χ4n) is 0.970. The molecule has 0 amide bonds. The van der Waals surface area contributed by atoms with Gasteiger partial charge in [-0.05, 0) is 0 Å². The van der Waals surface area contributed by atoms with Crippen molar-refractivity contribution in [3.05, 3.63) is 61.2 Å². The molecular weight excluding hydrogens is 224 g/mol. The normalized spacial score (nSPS) is 12.5. The van der Waals surface area contributed by atoms with Gasteiger partial charge in [-0.25, -0.2) is 30.7 Å². The molecule has 0 N–H and O–H groups in total. The van der Waals surface area contributed by atoms with Crippen molar-refractivity contribution in [2.45, 2.75) is 27.2 Å². The van der Waals surface area contributed by atoms with E-state index in [9.17, 15) is 0 Å². The molecule has 0 spiro atoms. The van der Waals surface area contributed by atoms with Gasteiger partial charge in [0.05, 0.1) is 0 Å². The van der Waals surface area contributed by atoms with Gasteiger partial charge < -0.3 is 0 Å². The van der Waals surface area contributed by atoms with Gasteiger partial charge in [-0.3, -0.25) is 0 Å². The molecule has 1 aromatic rings. The first-order valence-corrected chi connectivity index (χ1v) is 5.30. The maximum atomic E-state index is 2.16. The molecule has 2 rings (SSSR count). The van der Waals surface area contributed by atoms with E-state index in [0.29, 0.717) is 0 Å². The summed E-state index contributed by atoms with van der Waals surface area (Å²) in [5.41, 5.74) is 0. The molecule has 0 fully saturated rings. The molecule has 1 heteroatoms. The molecule has 0 aliphatic heterocycles. The van der Waals surface area contributed by atoms with Crippen molar-refractivity contribution in [3.8, 4) is 0 Å². The van der Waals surface area contributed by atoms with Crippen molar-refractivity contribution in [3.63, 3.8) is 0 Å². The molecule has 0 saturated heterocycles. The minimum Gasteiger partial charge on any atom is -0.231 e. The maximum absolute atomic E-state index is 2.16. The van der Waals surface area contributed by atoms with E-state index in [1.54, 1.807) is 0 Å². The second-order valence-electron chi connectivity index (χ2n) is 2.61. The summed E-state index contributed by atoms with van der Waals surface area (Å²) in [5.74, 6) is 1.43. The Hall–Kier alpha value is -0.521. The quantitative estimate of drug-likeness (QED) is 0.508. The standard InChI is InChI=1S/C7H9.C5H5.C2H6.Fe/c1-2-7-5-3-4-6-7;1-2-4-5-3-1;1-2;/h3-6H,2H2,1H3;1-5H;1-2H3;/q2*-1;;+2. The average molecular weight is 244 g/mol. The zero-order chi connectivity index (χ0) is 10.6. The van der Waals surface area contributed by atoms with Crippen LogP contribution in [0.15, 0.2) is 42.5 Å². The van der Waals surface area contributed by atoms with Crippen molar-refractivity contribution in [1.82, 2.24) is 0 Å². The van der Waals surface area contributed by atoms with E-state index in [0.717, 1.165) is 6.42 Å². The van der Waals surface area contributed by atoms with Gasteiger partial charge in [0, 0.05) is 0 Å². The second kappa shape index (κ2) is 13.5. The molecule has 0 atom stereocenters. The zero-order valence-electron chi connectivity index (χ0n) is 9.76. The molecule has 2 radical (unpaired) electrons. The van der Waals surface area contributed by atoms with Crippen molar-refractivity contribution < 1.29 is 17.1 Å². The van der Waals surface area contributed by atoms with Crippen LogP contribution in [-0.2, 0) is 17.1 Å². The summed E-state index contributed by atoms with van der Waals surface area (Å²) in [6, 6.07) is 10.0. The van der Waals surface area contributed by atoms with Crippen LogP contribution in [-0.4, -0.2) is 0 Å².